The normalized spacial score (nSPS) is 12.1. The topological polar surface area (TPSA) is 113 Å². The highest BCUT2D eigenvalue weighted by Gasteiger charge is 2.31. The van der Waals surface area contributed by atoms with Crippen molar-refractivity contribution in [3.8, 4) is 0 Å². The largest absolute Gasteiger partial charge is 0.444 e. The average molecular weight is 492 g/mol. The van der Waals surface area contributed by atoms with Gasteiger partial charge >= 0.3 is 6.09 Å². The maximum Gasteiger partial charge on any atom is 0.410 e. The van der Waals surface area contributed by atoms with Gasteiger partial charge in [-0.05, 0) is 52.3 Å². The smallest absolute Gasteiger partial charge is 0.410 e. The number of halogens is 1. The Labute approximate surface area is 204 Å². The van der Waals surface area contributed by atoms with Crippen molar-refractivity contribution in [1.29, 1.82) is 0 Å². The Kier molecular flexibility index (Phi) is 9.00. The standard InChI is InChI=1S/C24H30ClN3O6/c1-6-26(23(31)34-24(3,4)5)18(15-29)14-27(21-10-8-7-9-16(21)2)22(30)19-12-11-17(28(32)33)13-20(19)25/h7-13,18,29H,6,14-15H2,1-5H3/t18-/m0/s1. The second kappa shape index (κ2) is 11.3. The van der Waals surface area contributed by atoms with Crippen LogP contribution in [0.25, 0.3) is 0 Å². The van der Waals surface area contributed by atoms with E-state index in [2.05, 4.69) is 0 Å². The minimum Gasteiger partial charge on any atom is -0.444 e. The molecule has 0 spiro atoms. The summed E-state index contributed by atoms with van der Waals surface area (Å²) in [5.41, 5.74) is 0.431. The zero-order chi connectivity index (χ0) is 25.6. The molecular formula is C24H30ClN3O6. The highest BCUT2D eigenvalue weighted by molar-refractivity contribution is 6.34. The summed E-state index contributed by atoms with van der Waals surface area (Å²) in [7, 11) is 0. The number of likely N-dealkylation sites (N-methyl/N-ethyl adjacent to an activating group) is 1. The number of rotatable bonds is 8. The summed E-state index contributed by atoms with van der Waals surface area (Å²) in [6.07, 6.45) is -0.611. The van der Waals surface area contributed by atoms with Crippen molar-refractivity contribution >= 4 is 35.0 Å². The third kappa shape index (κ3) is 6.68. The number of nitro benzene ring substituents is 1. The molecule has 1 atom stereocenters. The van der Waals surface area contributed by atoms with Crippen molar-refractivity contribution in [2.24, 2.45) is 0 Å². The molecule has 2 amide bonds. The van der Waals surface area contributed by atoms with Gasteiger partial charge in [-0.2, -0.15) is 0 Å². The van der Waals surface area contributed by atoms with E-state index in [1.165, 1.54) is 21.9 Å². The van der Waals surface area contributed by atoms with Crippen LogP contribution in [-0.2, 0) is 4.74 Å². The number of carbonyl (C=O) groups excluding carboxylic acids is 2. The van der Waals surface area contributed by atoms with Gasteiger partial charge in [0.05, 0.1) is 28.2 Å². The van der Waals surface area contributed by atoms with Crippen LogP contribution in [0.4, 0.5) is 16.2 Å². The molecule has 0 bridgehead atoms. The number of aliphatic hydroxyl groups excluding tert-OH is 1. The van der Waals surface area contributed by atoms with Gasteiger partial charge in [0.1, 0.15) is 5.60 Å². The number of amides is 2. The number of nitro groups is 1. The van der Waals surface area contributed by atoms with E-state index >= 15 is 0 Å². The molecule has 10 heteroatoms. The van der Waals surface area contributed by atoms with Crippen LogP contribution >= 0.6 is 11.6 Å². The summed E-state index contributed by atoms with van der Waals surface area (Å²) in [6.45, 7) is 8.57. The number of non-ortho nitro benzene ring substituents is 1. The van der Waals surface area contributed by atoms with Crippen molar-refractivity contribution in [1.82, 2.24) is 4.90 Å². The first-order valence-electron chi connectivity index (χ1n) is 10.8. The predicted molar refractivity (Wildman–Crippen MR) is 130 cm³/mol. The number of hydrogen-bond acceptors (Lipinski definition) is 6. The Balaban J connectivity index is 2.49. The number of anilines is 1. The van der Waals surface area contributed by atoms with E-state index in [-0.39, 0.29) is 29.4 Å². The molecule has 0 aliphatic carbocycles. The number of aryl methyl sites for hydroxylation is 1. The number of benzene rings is 2. The predicted octanol–water partition coefficient (Wildman–Crippen LogP) is 4.82. The quantitative estimate of drug-likeness (QED) is 0.418. The minimum absolute atomic E-state index is 0.0550. The summed E-state index contributed by atoms with van der Waals surface area (Å²) >= 11 is 6.24. The molecule has 184 valence electrons. The lowest BCUT2D eigenvalue weighted by atomic mass is 10.1. The molecular weight excluding hydrogens is 462 g/mol. The van der Waals surface area contributed by atoms with Crippen molar-refractivity contribution < 1.29 is 24.4 Å². The molecule has 0 unspecified atom stereocenters. The molecule has 34 heavy (non-hydrogen) atoms. The van der Waals surface area contributed by atoms with E-state index in [1.807, 2.05) is 19.1 Å². The summed E-state index contributed by atoms with van der Waals surface area (Å²) in [5, 5.41) is 21.1. The van der Waals surface area contributed by atoms with Crippen LogP contribution in [0.2, 0.25) is 5.02 Å². The third-order valence-corrected chi connectivity index (χ3v) is 5.37. The van der Waals surface area contributed by atoms with Gasteiger partial charge in [0.15, 0.2) is 0 Å². The van der Waals surface area contributed by atoms with Crippen LogP contribution < -0.4 is 4.90 Å². The number of hydrogen-bond donors (Lipinski definition) is 1. The molecule has 9 nitrogen and oxygen atoms in total. The molecule has 0 fully saturated rings. The lowest BCUT2D eigenvalue weighted by Gasteiger charge is -2.35. The number of aliphatic hydroxyl groups is 1. The SMILES string of the molecule is CCN(C(=O)OC(C)(C)C)[C@H](CO)CN(C(=O)c1ccc([N+](=O)[O-])cc1Cl)c1ccccc1C. The second-order valence-corrected chi connectivity index (χ2v) is 9.13. The van der Waals surface area contributed by atoms with E-state index < -0.39 is 35.2 Å². The zero-order valence-electron chi connectivity index (χ0n) is 19.9. The fraction of sp³-hybridized carbons (Fsp3) is 0.417. The summed E-state index contributed by atoms with van der Waals surface area (Å²) < 4.78 is 5.47. The maximum absolute atomic E-state index is 13.6. The number of para-hydroxylation sites is 1. The van der Waals surface area contributed by atoms with Gasteiger partial charge in [-0.15, -0.1) is 0 Å². The number of nitrogens with zero attached hydrogens (tertiary/aromatic N) is 3. The van der Waals surface area contributed by atoms with Gasteiger partial charge in [0, 0.05) is 30.9 Å². The van der Waals surface area contributed by atoms with Gasteiger partial charge in [-0.25, -0.2) is 4.79 Å². The first-order valence-corrected chi connectivity index (χ1v) is 11.2. The van der Waals surface area contributed by atoms with E-state index in [0.717, 1.165) is 11.6 Å². The molecule has 0 saturated heterocycles. The van der Waals surface area contributed by atoms with E-state index in [9.17, 15) is 24.8 Å². The van der Waals surface area contributed by atoms with Crippen molar-refractivity contribution in [3.63, 3.8) is 0 Å². The summed E-state index contributed by atoms with van der Waals surface area (Å²) in [4.78, 5) is 39.6. The average Bonchev–Trinajstić information content (AvgIpc) is 2.75. The monoisotopic (exact) mass is 491 g/mol. The fourth-order valence-electron chi connectivity index (χ4n) is 3.42. The molecule has 0 aliphatic rings. The highest BCUT2D eigenvalue weighted by atomic mass is 35.5. The molecule has 2 aromatic rings. The molecule has 0 aliphatic heterocycles. The van der Waals surface area contributed by atoms with E-state index in [0.29, 0.717) is 5.69 Å². The molecule has 0 aromatic heterocycles. The lowest BCUT2D eigenvalue weighted by molar-refractivity contribution is -0.384. The summed E-state index contributed by atoms with van der Waals surface area (Å²) in [6, 6.07) is 10.00. The van der Waals surface area contributed by atoms with Crippen LogP contribution in [0, 0.1) is 17.0 Å². The molecule has 2 aromatic carbocycles. The lowest BCUT2D eigenvalue weighted by Crippen LogP contribution is -2.51. The molecule has 0 saturated carbocycles. The molecule has 0 heterocycles. The highest BCUT2D eigenvalue weighted by Crippen LogP contribution is 2.28. The van der Waals surface area contributed by atoms with Crippen LogP contribution in [0.15, 0.2) is 42.5 Å². The number of ether oxygens (including phenoxy) is 1. The van der Waals surface area contributed by atoms with Gasteiger partial charge in [-0.1, -0.05) is 29.8 Å². The van der Waals surface area contributed by atoms with Crippen LogP contribution in [-0.4, -0.2) is 58.3 Å². The first-order chi connectivity index (χ1) is 15.9. The van der Waals surface area contributed by atoms with Gasteiger partial charge in [0.25, 0.3) is 11.6 Å². The molecule has 0 radical (unpaired) electrons. The maximum atomic E-state index is 13.6. The van der Waals surface area contributed by atoms with Gasteiger partial charge in [-0.3, -0.25) is 14.9 Å². The first kappa shape index (κ1) is 27.1. The number of carbonyl (C=O) groups is 2. The summed E-state index contributed by atoms with van der Waals surface area (Å²) in [5.74, 6) is -0.520. The van der Waals surface area contributed by atoms with E-state index in [1.54, 1.807) is 39.8 Å². The Morgan fingerprint density at radius 1 is 1.21 bits per heavy atom. The van der Waals surface area contributed by atoms with Crippen LogP contribution in [0.3, 0.4) is 0 Å². The van der Waals surface area contributed by atoms with Crippen LogP contribution in [0.5, 0.6) is 0 Å². The van der Waals surface area contributed by atoms with Gasteiger partial charge in [0.2, 0.25) is 0 Å². The Morgan fingerprint density at radius 3 is 2.35 bits per heavy atom. The molecule has 2 rings (SSSR count). The Morgan fingerprint density at radius 2 is 1.85 bits per heavy atom. The zero-order valence-corrected chi connectivity index (χ0v) is 20.7. The van der Waals surface area contributed by atoms with Crippen molar-refractivity contribution in [3.05, 3.63) is 68.7 Å². The fourth-order valence-corrected chi connectivity index (χ4v) is 3.67. The Hall–Kier alpha value is -3.17. The van der Waals surface area contributed by atoms with Gasteiger partial charge < -0.3 is 19.6 Å². The minimum atomic E-state index is -0.778. The second-order valence-electron chi connectivity index (χ2n) is 8.73. The molecule has 1 N–H and O–H groups in total. The Bertz CT molecular complexity index is 1050. The van der Waals surface area contributed by atoms with Crippen molar-refractivity contribution in [2.75, 3.05) is 24.6 Å². The van der Waals surface area contributed by atoms with E-state index in [4.69, 9.17) is 16.3 Å². The van der Waals surface area contributed by atoms with Crippen molar-refractivity contribution in [2.45, 2.75) is 46.3 Å². The third-order valence-electron chi connectivity index (χ3n) is 5.06. The van der Waals surface area contributed by atoms with Crippen LogP contribution in [0.1, 0.15) is 43.6 Å².